The number of nitrogens with zero attached hydrogens (tertiary/aromatic N) is 2. The van der Waals surface area contributed by atoms with E-state index in [0.717, 1.165) is 24.3 Å². The van der Waals surface area contributed by atoms with Crippen molar-refractivity contribution in [1.82, 2.24) is 9.97 Å². The van der Waals surface area contributed by atoms with Gasteiger partial charge in [0.05, 0.1) is 0 Å². The van der Waals surface area contributed by atoms with Gasteiger partial charge in [0.1, 0.15) is 17.5 Å². The summed E-state index contributed by atoms with van der Waals surface area (Å²) in [4.78, 5) is 9.84. The summed E-state index contributed by atoms with van der Waals surface area (Å²) in [5.74, 6) is 2.09. The van der Waals surface area contributed by atoms with Gasteiger partial charge in [0, 0.05) is 17.0 Å². The van der Waals surface area contributed by atoms with Crippen molar-refractivity contribution < 1.29 is 0 Å². The molecule has 3 N–H and O–H groups in total. The summed E-state index contributed by atoms with van der Waals surface area (Å²) in [5.41, 5.74) is 6.72. The number of thiophene rings is 1. The van der Waals surface area contributed by atoms with Gasteiger partial charge < -0.3 is 11.1 Å². The van der Waals surface area contributed by atoms with Gasteiger partial charge in [-0.25, -0.2) is 9.97 Å². The Morgan fingerprint density at radius 1 is 1.35 bits per heavy atom. The molecule has 0 aliphatic rings. The smallest absolute Gasteiger partial charge is 0.134 e. The average Bonchev–Trinajstić information content (AvgIpc) is 2.78. The van der Waals surface area contributed by atoms with E-state index < -0.39 is 0 Å². The molecule has 2 rings (SSSR count). The first-order valence-electron chi connectivity index (χ1n) is 5.54. The number of hydrogen-bond acceptors (Lipinski definition) is 5. The summed E-state index contributed by atoms with van der Waals surface area (Å²) in [7, 11) is 0. The Morgan fingerprint density at radius 3 is 2.88 bits per heavy atom. The molecule has 17 heavy (non-hydrogen) atoms. The second kappa shape index (κ2) is 5.14. The third-order valence-corrected chi connectivity index (χ3v) is 3.48. The van der Waals surface area contributed by atoms with Gasteiger partial charge >= 0.3 is 0 Å². The highest BCUT2D eigenvalue weighted by molar-refractivity contribution is 7.09. The minimum Gasteiger partial charge on any atom is -0.383 e. The van der Waals surface area contributed by atoms with Crippen LogP contribution in [0.25, 0.3) is 0 Å². The number of aryl methyl sites for hydroxylation is 1. The topological polar surface area (TPSA) is 63.8 Å². The third kappa shape index (κ3) is 2.94. The van der Waals surface area contributed by atoms with Gasteiger partial charge in [0.25, 0.3) is 0 Å². The van der Waals surface area contributed by atoms with Crippen LogP contribution in [-0.4, -0.2) is 16.5 Å². The van der Waals surface area contributed by atoms with Gasteiger partial charge in [0.2, 0.25) is 0 Å². The van der Waals surface area contributed by atoms with Crippen LogP contribution in [-0.2, 0) is 6.42 Å². The summed E-state index contributed by atoms with van der Waals surface area (Å²) in [5, 5.41) is 5.40. The van der Waals surface area contributed by atoms with E-state index >= 15 is 0 Å². The summed E-state index contributed by atoms with van der Waals surface area (Å²) in [6.45, 7) is 4.64. The number of nitrogens with two attached hydrogens (primary N) is 1. The van der Waals surface area contributed by atoms with E-state index in [4.69, 9.17) is 5.73 Å². The molecular formula is C12H16N4S. The maximum Gasteiger partial charge on any atom is 0.134 e. The van der Waals surface area contributed by atoms with E-state index in [2.05, 4.69) is 32.8 Å². The minimum atomic E-state index is 0.552. The first kappa shape index (κ1) is 11.9. The zero-order valence-corrected chi connectivity index (χ0v) is 10.8. The van der Waals surface area contributed by atoms with Crippen molar-refractivity contribution in [1.29, 1.82) is 0 Å². The fourth-order valence-corrected chi connectivity index (χ4v) is 2.29. The molecule has 0 amide bonds. The molecule has 0 bridgehead atoms. The number of anilines is 2. The molecule has 0 fully saturated rings. The standard InChI is InChI=1S/C12H16N4S/c1-8-11(13)15-9(2)16-12(8)14-6-5-10-4-3-7-17-10/h3-4,7H,5-6H2,1-2H3,(H3,13,14,15,16). The van der Waals surface area contributed by atoms with Crippen LogP contribution in [0.1, 0.15) is 16.3 Å². The Balaban J connectivity index is 1.99. The number of rotatable bonds is 4. The molecule has 4 nitrogen and oxygen atoms in total. The summed E-state index contributed by atoms with van der Waals surface area (Å²) >= 11 is 1.77. The number of nitrogens with one attached hydrogen (secondary N) is 1. The molecular weight excluding hydrogens is 232 g/mol. The Kier molecular flexibility index (Phi) is 3.58. The highest BCUT2D eigenvalue weighted by Gasteiger charge is 2.05. The lowest BCUT2D eigenvalue weighted by molar-refractivity contribution is 0.985. The highest BCUT2D eigenvalue weighted by Crippen LogP contribution is 2.17. The molecule has 2 aromatic heterocycles. The second-order valence-electron chi connectivity index (χ2n) is 3.89. The van der Waals surface area contributed by atoms with Crippen molar-refractivity contribution in [3.05, 3.63) is 33.8 Å². The lowest BCUT2D eigenvalue weighted by atomic mass is 10.3. The van der Waals surface area contributed by atoms with E-state index in [9.17, 15) is 0 Å². The fraction of sp³-hybridized carbons (Fsp3) is 0.333. The van der Waals surface area contributed by atoms with Crippen molar-refractivity contribution >= 4 is 23.0 Å². The maximum absolute atomic E-state index is 5.80. The first-order valence-corrected chi connectivity index (χ1v) is 6.42. The lowest BCUT2D eigenvalue weighted by Gasteiger charge is -2.10. The third-order valence-electron chi connectivity index (χ3n) is 2.54. The molecule has 0 saturated carbocycles. The van der Waals surface area contributed by atoms with E-state index in [1.54, 1.807) is 11.3 Å². The van der Waals surface area contributed by atoms with Gasteiger partial charge in [-0.05, 0) is 31.7 Å². The zero-order valence-electron chi connectivity index (χ0n) is 10.0. The normalized spacial score (nSPS) is 10.5. The molecule has 90 valence electrons. The van der Waals surface area contributed by atoms with Crippen LogP contribution in [0.15, 0.2) is 17.5 Å². The molecule has 2 heterocycles. The van der Waals surface area contributed by atoms with Crippen molar-refractivity contribution in [2.75, 3.05) is 17.6 Å². The van der Waals surface area contributed by atoms with Gasteiger partial charge in [-0.1, -0.05) is 6.07 Å². The quantitative estimate of drug-likeness (QED) is 0.872. The van der Waals surface area contributed by atoms with E-state index in [1.165, 1.54) is 4.88 Å². The Morgan fingerprint density at radius 2 is 2.18 bits per heavy atom. The van der Waals surface area contributed by atoms with Gasteiger partial charge in [0.15, 0.2) is 0 Å². The largest absolute Gasteiger partial charge is 0.383 e. The van der Waals surface area contributed by atoms with Crippen molar-refractivity contribution in [2.24, 2.45) is 0 Å². The van der Waals surface area contributed by atoms with Gasteiger partial charge in [-0.15, -0.1) is 11.3 Å². The second-order valence-corrected chi connectivity index (χ2v) is 4.92. The van der Waals surface area contributed by atoms with E-state index in [1.807, 2.05) is 13.8 Å². The van der Waals surface area contributed by atoms with Crippen molar-refractivity contribution in [2.45, 2.75) is 20.3 Å². The van der Waals surface area contributed by atoms with Crippen LogP contribution in [0.4, 0.5) is 11.6 Å². The van der Waals surface area contributed by atoms with Crippen LogP contribution in [0.3, 0.4) is 0 Å². The summed E-state index contributed by atoms with van der Waals surface area (Å²) < 4.78 is 0. The number of hydrogen-bond donors (Lipinski definition) is 2. The van der Waals surface area contributed by atoms with Gasteiger partial charge in [-0.2, -0.15) is 0 Å². The first-order chi connectivity index (χ1) is 8.16. The monoisotopic (exact) mass is 248 g/mol. The highest BCUT2D eigenvalue weighted by atomic mass is 32.1. The number of nitrogen functional groups attached to an aromatic ring is 1. The molecule has 0 unspecified atom stereocenters. The van der Waals surface area contributed by atoms with Crippen LogP contribution in [0, 0.1) is 13.8 Å². The summed E-state index contributed by atoms with van der Waals surface area (Å²) in [6.07, 6.45) is 1.00. The van der Waals surface area contributed by atoms with Crippen molar-refractivity contribution in [3.8, 4) is 0 Å². The zero-order chi connectivity index (χ0) is 12.3. The predicted octanol–water partition coefficient (Wildman–Crippen LogP) is 2.39. The molecule has 0 aliphatic carbocycles. The Labute approximate surface area is 105 Å². The molecule has 0 aliphatic heterocycles. The van der Waals surface area contributed by atoms with E-state index in [-0.39, 0.29) is 0 Å². The van der Waals surface area contributed by atoms with Crippen LogP contribution < -0.4 is 11.1 Å². The molecule has 0 radical (unpaired) electrons. The van der Waals surface area contributed by atoms with Crippen LogP contribution in [0.2, 0.25) is 0 Å². The Bertz CT molecular complexity index is 493. The molecule has 5 heteroatoms. The molecule has 0 saturated heterocycles. The molecule has 0 atom stereocenters. The fourth-order valence-electron chi connectivity index (χ4n) is 1.58. The maximum atomic E-state index is 5.80. The van der Waals surface area contributed by atoms with Crippen LogP contribution >= 0.6 is 11.3 Å². The predicted molar refractivity (Wildman–Crippen MR) is 72.4 cm³/mol. The number of aromatic nitrogens is 2. The SMILES string of the molecule is Cc1nc(N)c(C)c(NCCc2cccs2)n1. The molecule has 0 spiro atoms. The van der Waals surface area contributed by atoms with Crippen molar-refractivity contribution in [3.63, 3.8) is 0 Å². The lowest BCUT2D eigenvalue weighted by Crippen LogP contribution is -2.10. The minimum absolute atomic E-state index is 0.552. The average molecular weight is 248 g/mol. The Hall–Kier alpha value is -1.62. The van der Waals surface area contributed by atoms with Crippen LogP contribution in [0.5, 0.6) is 0 Å². The molecule has 0 aromatic carbocycles. The van der Waals surface area contributed by atoms with E-state index in [0.29, 0.717) is 11.6 Å². The van der Waals surface area contributed by atoms with Gasteiger partial charge in [-0.3, -0.25) is 0 Å². The molecule has 2 aromatic rings. The summed E-state index contributed by atoms with van der Waals surface area (Å²) in [6, 6.07) is 4.21.